The number of benzene rings is 1. The molecule has 5 nitrogen and oxygen atoms in total. The Labute approximate surface area is 164 Å². The van der Waals surface area contributed by atoms with Gasteiger partial charge in [-0.25, -0.2) is 9.78 Å². The molecule has 0 unspecified atom stereocenters. The van der Waals surface area contributed by atoms with E-state index in [-0.39, 0.29) is 10.8 Å². The van der Waals surface area contributed by atoms with Crippen LogP contribution in [0.25, 0.3) is 0 Å². The predicted molar refractivity (Wildman–Crippen MR) is 109 cm³/mol. The first kappa shape index (κ1) is 18.4. The maximum absolute atomic E-state index is 11.6. The van der Waals surface area contributed by atoms with Crippen molar-refractivity contribution in [1.82, 2.24) is 4.98 Å². The number of rotatable bonds is 4. The van der Waals surface area contributed by atoms with Crippen LogP contribution in [0.5, 0.6) is 0 Å². The number of thiazole rings is 1. The van der Waals surface area contributed by atoms with Crippen LogP contribution in [0.1, 0.15) is 74.3 Å². The summed E-state index contributed by atoms with van der Waals surface area (Å²) in [6, 6.07) is 7.93. The summed E-state index contributed by atoms with van der Waals surface area (Å²) in [7, 11) is 0. The van der Waals surface area contributed by atoms with Gasteiger partial charge >= 0.3 is 5.97 Å². The van der Waals surface area contributed by atoms with Gasteiger partial charge in [0.05, 0.1) is 11.3 Å². The molecule has 2 N–H and O–H groups in total. The molecule has 1 fully saturated rings. The van der Waals surface area contributed by atoms with Gasteiger partial charge < -0.3 is 9.74 Å². The zero-order valence-electron chi connectivity index (χ0n) is 16.4. The van der Waals surface area contributed by atoms with E-state index in [9.17, 15) is 4.79 Å². The zero-order chi connectivity index (χ0) is 19.4. The van der Waals surface area contributed by atoms with E-state index in [1.807, 2.05) is 23.5 Å². The Morgan fingerprint density at radius 3 is 2.33 bits per heavy atom. The van der Waals surface area contributed by atoms with Gasteiger partial charge in [0, 0.05) is 27.4 Å². The first-order chi connectivity index (χ1) is 12.7. The minimum Gasteiger partial charge on any atom is -0.370 e. The summed E-state index contributed by atoms with van der Waals surface area (Å²) in [4.78, 5) is 24.8. The number of nitrogens with zero attached hydrogens (tertiary/aromatic N) is 2. The number of carbonyl (C=O) groups excluding carboxylic acids is 1. The lowest BCUT2D eigenvalue weighted by molar-refractivity contribution is 0.0503. The lowest BCUT2D eigenvalue weighted by atomic mass is 9.69. The molecule has 4 rings (SSSR count). The topological polar surface area (TPSA) is 68.5 Å². The van der Waals surface area contributed by atoms with Crippen molar-refractivity contribution >= 4 is 28.1 Å². The van der Waals surface area contributed by atoms with Gasteiger partial charge in [-0.05, 0) is 49.9 Å². The van der Waals surface area contributed by atoms with Gasteiger partial charge in [-0.15, -0.1) is 11.3 Å². The highest BCUT2D eigenvalue weighted by atomic mass is 32.1. The van der Waals surface area contributed by atoms with E-state index in [0.717, 1.165) is 17.2 Å². The third-order valence-electron chi connectivity index (χ3n) is 5.85. The van der Waals surface area contributed by atoms with Gasteiger partial charge in [-0.3, -0.25) is 0 Å². The molecule has 6 heteroatoms. The van der Waals surface area contributed by atoms with E-state index in [1.54, 1.807) is 12.1 Å². The maximum Gasteiger partial charge on any atom is 0.356 e. The number of aromatic nitrogens is 1. The molecule has 2 aliphatic carbocycles. The van der Waals surface area contributed by atoms with E-state index in [4.69, 9.17) is 10.9 Å². The van der Waals surface area contributed by atoms with Crippen molar-refractivity contribution in [3.8, 4) is 0 Å². The highest BCUT2D eigenvalue weighted by molar-refractivity contribution is 7.16. The third-order valence-corrected chi connectivity index (χ3v) is 7.27. The largest absolute Gasteiger partial charge is 0.370 e. The molecule has 144 valence electrons. The second kappa shape index (κ2) is 6.31. The van der Waals surface area contributed by atoms with Gasteiger partial charge in [0.15, 0.2) is 5.13 Å². The van der Waals surface area contributed by atoms with Crippen LogP contribution in [0.3, 0.4) is 0 Å². The van der Waals surface area contributed by atoms with Crippen molar-refractivity contribution in [2.75, 3.05) is 4.90 Å². The van der Waals surface area contributed by atoms with Crippen molar-refractivity contribution < 1.29 is 9.63 Å². The SMILES string of the molecule is CC1(C)CCC(C)(C)c2sc(N(c3ccc(C(=O)ON)cc3)C3CC3)nc21. The molecule has 0 saturated heterocycles. The molecule has 2 aromatic rings. The van der Waals surface area contributed by atoms with E-state index >= 15 is 0 Å². The van der Waals surface area contributed by atoms with Gasteiger partial charge in [0.2, 0.25) is 0 Å². The van der Waals surface area contributed by atoms with E-state index in [2.05, 4.69) is 37.4 Å². The Bertz CT molecular complexity index is 833. The Morgan fingerprint density at radius 2 is 1.78 bits per heavy atom. The summed E-state index contributed by atoms with van der Waals surface area (Å²) in [6.07, 6.45) is 4.69. The fourth-order valence-electron chi connectivity index (χ4n) is 3.82. The van der Waals surface area contributed by atoms with E-state index in [1.165, 1.54) is 29.8 Å². The average Bonchev–Trinajstić information content (AvgIpc) is 3.35. The highest BCUT2D eigenvalue weighted by Gasteiger charge is 2.42. The smallest absolute Gasteiger partial charge is 0.356 e. The van der Waals surface area contributed by atoms with Crippen LogP contribution < -0.4 is 10.8 Å². The molecule has 0 radical (unpaired) electrons. The van der Waals surface area contributed by atoms with Crippen LogP contribution in [0.15, 0.2) is 24.3 Å². The van der Waals surface area contributed by atoms with Crippen molar-refractivity contribution in [3.63, 3.8) is 0 Å². The normalized spacial score (nSPS) is 20.0. The fourth-order valence-corrected chi connectivity index (χ4v) is 5.29. The van der Waals surface area contributed by atoms with Gasteiger partial charge in [-0.1, -0.05) is 27.7 Å². The van der Waals surface area contributed by atoms with Gasteiger partial charge in [0.1, 0.15) is 0 Å². The summed E-state index contributed by atoms with van der Waals surface area (Å²) in [5, 5.41) is 1.07. The molecule has 27 heavy (non-hydrogen) atoms. The van der Waals surface area contributed by atoms with Crippen LogP contribution >= 0.6 is 11.3 Å². The second-order valence-electron chi connectivity index (χ2n) is 9.00. The van der Waals surface area contributed by atoms with Crippen LogP contribution in [0, 0.1) is 0 Å². The minimum absolute atomic E-state index is 0.115. The summed E-state index contributed by atoms with van der Waals surface area (Å²) < 4.78 is 0. The summed E-state index contributed by atoms with van der Waals surface area (Å²) in [6.45, 7) is 9.27. The Balaban J connectivity index is 1.74. The maximum atomic E-state index is 11.6. The Hall–Kier alpha value is -1.92. The van der Waals surface area contributed by atoms with Crippen LogP contribution in [-0.2, 0) is 15.7 Å². The second-order valence-corrected chi connectivity index (χ2v) is 9.97. The van der Waals surface area contributed by atoms with E-state index in [0.29, 0.717) is 11.6 Å². The molecular formula is C21H27N3O2S. The number of fused-ring (bicyclic) bond motifs is 1. The summed E-state index contributed by atoms with van der Waals surface area (Å²) in [5.41, 5.74) is 3.06. The quantitative estimate of drug-likeness (QED) is 0.764. The molecule has 1 heterocycles. The molecule has 1 aromatic heterocycles. The molecule has 1 saturated carbocycles. The number of anilines is 2. The molecule has 2 aliphatic rings. The van der Waals surface area contributed by atoms with Crippen molar-refractivity contribution in [3.05, 3.63) is 40.4 Å². The van der Waals surface area contributed by atoms with Crippen molar-refractivity contribution in [1.29, 1.82) is 0 Å². The number of hydrogen-bond acceptors (Lipinski definition) is 6. The van der Waals surface area contributed by atoms with Crippen LogP contribution in [0.2, 0.25) is 0 Å². The Kier molecular flexibility index (Phi) is 4.31. The molecule has 0 bridgehead atoms. The van der Waals surface area contributed by atoms with Crippen LogP contribution in [-0.4, -0.2) is 17.0 Å². The number of nitrogens with two attached hydrogens (primary N) is 1. The molecule has 0 atom stereocenters. The lowest BCUT2D eigenvalue weighted by Crippen LogP contribution is -2.32. The first-order valence-electron chi connectivity index (χ1n) is 9.55. The standard InChI is InChI=1S/C21H27N3O2S/c1-20(2)11-12-21(3,4)17-16(20)23-19(27-17)24(15-9-10-15)14-7-5-13(6-8-14)18(25)26-22/h5-8,15H,9-12,22H2,1-4H3. The average molecular weight is 386 g/mol. The van der Waals surface area contributed by atoms with Gasteiger partial charge in [-0.2, -0.15) is 5.90 Å². The van der Waals surface area contributed by atoms with Gasteiger partial charge in [0.25, 0.3) is 0 Å². The number of hydrogen-bond donors (Lipinski definition) is 1. The molecule has 0 aliphatic heterocycles. The third kappa shape index (κ3) is 3.25. The molecule has 0 amide bonds. The zero-order valence-corrected chi connectivity index (χ0v) is 17.2. The first-order valence-corrected chi connectivity index (χ1v) is 10.4. The molecule has 1 aromatic carbocycles. The Morgan fingerprint density at radius 1 is 1.15 bits per heavy atom. The summed E-state index contributed by atoms with van der Waals surface area (Å²) >= 11 is 1.83. The predicted octanol–water partition coefficient (Wildman–Crippen LogP) is 4.82. The van der Waals surface area contributed by atoms with Crippen molar-refractivity contribution in [2.45, 2.75) is 70.3 Å². The minimum atomic E-state index is -0.521. The highest BCUT2D eigenvalue weighted by Crippen LogP contribution is 2.51. The molecule has 0 spiro atoms. The lowest BCUT2D eigenvalue weighted by Gasteiger charge is -2.37. The van der Waals surface area contributed by atoms with Crippen molar-refractivity contribution in [2.24, 2.45) is 5.90 Å². The monoisotopic (exact) mass is 385 g/mol. The fraction of sp³-hybridized carbons (Fsp3) is 0.524. The van der Waals surface area contributed by atoms with E-state index < -0.39 is 5.97 Å². The summed E-state index contributed by atoms with van der Waals surface area (Å²) in [5.74, 6) is 4.47. The molecular weight excluding hydrogens is 358 g/mol. The number of carbonyl (C=O) groups is 1. The van der Waals surface area contributed by atoms with Crippen LogP contribution in [0.4, 0.5) is 10.8 Å².